The summed E-state index contributed by atoms with van der Waals surface area (Å²) in [6, 6.07) is 14.0. The molecule has 0 fully saturated rings. The third kappa shape index (κ3) is 3.81. The molecular formula is C22H22N4O2. The van der Waals surface area contributed by atoms with Crippen molar-refractivity contribution in [3.8, 4) is 17.0 Å². The number of oxazole rings is 1. The number of unbranched alkanes of at least 4 members (excludes halogenated alkanes) is 1. The second-order valence-corrected chi connectivity index (χ2v) is 6.63. The maximum Gasteiger partial charge on any atom is 0.188 e. The average Bonchev–Trinajstić information content (AvgIpc) is 3.18. The van der Waals surface area contributed by atoms with Crippen LogP contribution in [0.25, 0.3) is 22.4 Å². The number of aryl methyl sites for hydroxylation is 1. The van der Waals surface area contributed by atoms with Gasteiger partial charge in [-0.2, -0.15) is 0 Å². The first-order valence-electron chi connectivity index (χ1n) is 9.39. The van der Waals surface area contributed by atoms with Gasteiger partial charge in [-0.1, -0.05) is 43.2 Å². The highest BCUT2D eigenvalue weighted by Crippen LogP contribution is 2.35. The summed E-state index contributed by atoms with van der Waals surface area (Å²) in [6.45, 7) is 4.81. The smallest absolute Gasteiger partial charge is 0.188 e. The van der Waals surface area contributed by atoms with Gasteiger partial charge in [-0.15, -0.1) is 0 Å². The molecule has 4 aromatic rings. The van der Waals surface area contributed by atoms with Crippen LogP contribution >= 0.6 is 0 Å². The lowest BCUT2D eigenvalue weighted by atomic mass is 10.1. The molecule has 142 valence electrons. The van der Waals surface area contributed by atoms with Gasteiger partial charge < -0.3 is 14.5 Å². The molecule has 6 nitrogen and oxygen atoms in total. The van der Waals surface area contributed by atoms with Crippen LogP contribution in [0.1, 0.15) is 25.3 Å². The molecule has 0 aliphatic carbocycles. The van der Waals surface area contributed by atoms with Crippen LogP contribution in [0.4, 0.5) is 11.5 Å². The van der Waals surface area contributed by atoms with Crippen LogP contribution in [0.3, 0.4) is 0 Å². The molecule has 2 heterocycles. The number of ether oxygens (including phenoxy) is 1. The predicted molar refractivity (Wildman–Crippen MR) is 110 cm³/mol. The number of hydrogen-bond donors (Lipinski definition) is 1. The molecule has 0 saturated heterocycles. The zero-order valence-corrected chi connectivity index (χ0v) is 16.0. The maximum atomic E-state index is 6.11. The lowest BCUT2D eigenvalue weighted by molar-refractivity contribution is 0.310. The van der Waals surface area contributed by atoms with Crippen molar-refractivity contribution < 1.29 is 9.15 Å². The summed E-state index contributed by atoms with van der Waals surface area (Å²) < 4.78 is 11.5. The van der Waals surface area contributed by atoms with E-state index < -0.39 is 0 Å². The first kappa shape index (κ1) is 18.0. The molecule has 4 rings (SSSR count). The zero-order valence-electron chi connectivity index (χ0n) is 16.0. The maximum absolute atomic E-state index is 6.11. The van der Waals surface area contributed by atoms with E-state index in [1.165, 1.54) is 12.0 Å². The Labute approximate surface area is 163 Å². The van der Waals surface area contributed by atoms with Crippen molar-refractivity contribution in [3.63, 3.8) is 0 Å². The molecule has 0 saturated carbocycles. The Morgan fingerprint density at radius 1 is 1.04 bits per heavy atom. The Hall–Kier alpha value is -3.41. The molecule has 28 heavy (non-hydrogen) atoms. The van der Waals surface area contributed by atoms with Gasteiger partial charge in [0, 0.05) is 17.3 Å². The van der Waals surface area contributed by atoms with Crippen LogP contribution in [0.15, 0.2) is 59.6 Å². The fraction of sp³-hybridized carbons (Fsp3) is 0.227. The van der Waals surface area contributed by atoms with Crippen LogP contribution < -0.4 is 10.1 Å². The van der Waals surface area contributed by atoms with Gasteiger partial charge in [0.05, 0.1) is 6.61 Å². The number of aromatic nitrogens is 3. The molecule has 0 spiro atoms. The lowest BCUT2D eigenvalue weighted by Crippen LogP contribution is -2.05. The van der Waals surface area contributed by atoms with Crippen LogP contribution in [0.2, 0.25) is 0 Å². The Bertz CT molecular complexity index is 1070. The molecule has 0 aliphatic heterocycles. The number of nitrogens with zero attached hydrogens (tertiary/aromatic N) is 3. The first-order valence-corrected chi connectivity index (χ1v) is 9.39. The molecule has 2 aromatic carbocycles. The number of hydrogen-bond acceptors (Lipinski definition) is 6. The van der Waals surface area contributed by atoms with Gasteiger partial charge in [-0.05, 0) is 25.5 Å². The summed E-state index contributed by atoms with van der Waals surface area (Å²) in [5, 5.41) is 3.34. The Kier molecular flexibility index (Phi) is 5.19. The summed E-state index contributed by atoms with van der Waals surface area (Å²) >= 11 is 0. The minimum atomic E-state index is 0.610. The largest absolute Gasteiger partial charge is 0.488 e. The molecule has 1 N–H and O–H groups in total. The SMILES string of the molecule is CCCCOc1c(Nc2ccc3ncoc3c2)ncnc1-c1ccc(C)cc1. The van der Waals surface area contributed by atoms with E-state index in [1.54, 1.807) is 6.33 Å². The first-order chi connectivity index (χ1) is 13.7. The van der Waals surface area contributed by atoms with Crippen molar-refractivity contribution in [2.24, 2.45) is 0 Å². The summed E-state index contributed by atoms with van der Waals surface area (Å²) in [4.78, 5) is 13.1. The van der Waals surface area contributed by atoms with E-state index in [0.717, 1.165) is 35.3 Å². The topological polar surface area (TPSA) is 73.1 Å². The van der Waals surface area contributed by atoms with Crippen LogP contribution in [0, 0.1) is 6.92 Å². The van der Waals surface area contributed by atoms with Gasteiger partial charge in [0.15, 0.2) is 23.5 Å². The van der Waals surface area contributed by atoms with Gasteiger partial charge in [0.25, 0.3) is 0 Å². The van der Waals surface area contributed by atoms with Gasteiger partial charge in [0.2, 0.25) is 0 Å². The van der Waals surface area contributed by atoms with Crippen LogP contribution in [0.5, 0.6) is 5.75 Å². The van der Waals surface area contributed by atoms with E-state index in [1.807, 2.05) is 18.2 Å². The van der Waals surface area contributed by atoms with E-state index in [4.69, 9.17) is 9.15 Å². The van der Waals surface area contributed by atoms with Crippen LogP contribution in [-0.4, -0.2) is 21.6 Å². The standard InChI is InChI=1S/C22H22N4O2/c1-3-4-11-27-21-20(16-7-5-15(2)6-8-16)23-13-24-22(21)26-17-9-10-18-19(12-17)28-14-25-18/h5-10,12-14H,3-4,11H2,1-2H3,(H,23,24,26). The Morgan fingerprint density at radius 3 is 2.71 bits per heavy atom. The number of benzene rings is 2. The van der Waals surface area contributed by atoms with Crippen molar-refractivity contribution in [1.29, 1.82) is 0 Å². The number of rotatable bonds is 7. The molecular weight excluding hydrogens is 352 g/mol. The van der Waals surface area contributed by atoms with E-state index in [-0.39, 0.29) is 0 Å². The molecule has 2 aromatic heterocycles. The van der Waals surface area contributed by atoms with Crippen molar-refractivity contribution in [1.82, 2.24) is 15.0 Å². The minimum Gasteiger partial charge on any atom is -0.488 e. The average molecular weight is 374 g/mol. The Balaban J connectivity index is 1.72. The summed E-state index contributed by atoms with van der Waals surface area (Å²) in [6.07, 6.45) is 5.01. The van der Waals surface area contributed by atoms with E-state index in [0.29, 0.717) is 23.8 Å². The number of fused-ring (bicyclic) bond motifs is 1. The molecule has 0 aliphatic rings. The second kappa shape index (κ2) is 8.08. The van der Waals surface area contributed by atoms with Crippen molar-refractivity contribution in [2.75, 3.05) is 11.9 Å². The second-order valence-electron chi connectivity index (χ2n) is 6.63. The highest BCUT2D eigenvalue weighted by Gasteiger charge is 2.15. The van der Waals surface area contributed by atoms with Gasteiger partial charge in [0.1, 0.15) is 17.5 Å². The van der Waals surface area contributed by atoms with Gasteiger partial charge in [-0.3, -0.25) is 0 Å². The number of nitrogens with one attached hydrogen (secondary N) is 1. The molecule has 0 radical (unpaired) electrons. The monoisotopic (exact) mass is 374 g/mol. The van der Waals surface area contributed by atoms with Crippen molar-refractivity contribution >= 4 is 22.6 Å². The molecule has 6 heteroatoms. The Morgan fingerprint density at radius 2 is 1.89 bits per heavy atom. The fourth-order valence-corrected chi connectivity index (χ4v) is 2.90. The molecule has 0 unspecified atom stereocenters. The van der Waals surface area contributed by atoms with E-state index in [2.05, 4.69) is 58.4 Å². The molecule has 0 atom stereocenters. The summed E-state index contributed by atoms with van der Waals surface area (Å²) in [5.74, 6) is 1.28. The molecule has 0 amide bonds. The normalized spacial score (nSPS) is 10.9. The summed E-state index contributed by atoms with van der Waals surface area (Å²) in [7, 11) is 0. The third-order valence-corrected chi connectivity index (χ3v) is 4.47. The summed E-state index contributed by atoms with van der Waals surface area (Å²) in [5.41, 5.74) is 5.34. The number of anilines is 2. The highest BCUT2D eigenvalue weighted by molar-refractivity contribution is 5.80. The van der Waals surface area contributed by atoms with Gasteiger partial charge >= 0.3 is 0 Å². The van der Waals surface area contributed by atoms with E-state index >= 15 is 0 Å². The van der Waals surface area contributed by atoms with Crippen molar-refractivity contribution in [3.05, 3.63) is 60.7 Å². The van der Waals surface area contributed by atoms with Crippen LogP contribution in [-0.2, 0) is 0 Å². The highest BCUT2D eigenvalue weighted by atomic mass is 16.5. The van der Waals surface area contributed by atoms with E-state index in [9.17, 15) is 0 Å². The third-order valence-electron chi connectivity index (χ3n) is 4.47. The fourth-order valence-electron chi connectivity index (χ4n) is 2.90. The zero-order chi connectivity index (χ0) is 19.3. The lowest BCUT2D eigenvalue weighted by Gasteiger charge is -2.15. The minimum absolute atomic E-state index is 0.610. The quantitative estimate of drug-likeness (QED) is 0.430. The predicted octanol–water partition coefficient (Wildman–Crippen LogP) is 5.52. The van der Waals surface area contributed by atoms with Gasteiger partial charge in [-0.25, -0.2) is 15.0 Å². The van der Waals surface area contributed by atoms with Crippen molar-refractivity contribution in [2.45, 2.75) is 26.7 Å². The molecule has 0 bridgehead atoms.